The van der Waals surface area contributed by atoms with Gasteiger partial charge in [-0.3, -0.25) is 0 Å². The second kappa shape index (κ2) is 6.18. The van der Waals surface area contributed by atoms with Crippen molar-refractivity contribution in [2.75, 3.05) is 12.4 Å². The van der Waals surface area contributed by atoms with Gasteiger partial charge in [0.1, 0.15) is 5.75 Å². The lowest BCUT2D eigenvalue weighted by Gasteiger charge is -2.12. The number of rotatable bonds is 5. The molecule has 5 heteroatoms. The Bertz CT molecular complexity index is 593. The van der Waals surface area contributed by atoms with Crippen LogP contribution in [0.4, 0.5) is 11.6 Å². The van der Waals surface area contributed by atoms with Gasteiger partial charge in [0, 0.05) is 24.5 Å². The number of imidazole rings is 1. The Kier molecular flexibility index (Phi) is 4.55. The quantitative estimate of drug-likeness (QED) is 0.895. The third-order valence-corrected chi connectivity index (χ3v) is 3.18. The van der Waals surface area contributed by atoms with Gasteiger partial charge in [0.15, 0.2) is 0 Å². The minimum absolute atomic E-state index is 0.559. The van der Waals surface area contributed by atoms with Crippen LogP contribution in [0.2, 0.25) is 5.02 Å². The summed E-state index contributed by atoms with van der Waals surface area (Å²) in [6, 6.07) is 5.59. The number of ether oxygens (including phenoxy) is 1. The van der Waals surface area contributed by atoms with Gasteiger partial charge in [-0.2, -0.15) is 0 Å². The van der Waals surface area contributed by atoms with E-state index in [-0.39, 0.29) is 0 Å². The van der Waals surface area contributed by atoms with Crippen LogP contribution < -0.4 is 10.1 Å². The molecule has 1 N–H and O–H groups in total. The number of aryl methyl sites for hydroxylation is 1. The third kappa shape index (κ3) is 3.45. The summed E-state index contributed by atoms with van der Waals surface area (Å²) in [6.45, 7) is 7.28. The van der Waals surface area contributed by atoms with Gasteiger partial charge >= 0.3 is 0 Å². The lowest BCUT2D eigenvalue weighted by Crippen LogP contribution is -2.07. The van der Waals surface area contributed by atoms with E-state index in [0.717, 1.165) is 23.9 Å². The summed E-state index contributed by atoms with van der Waals surface area (Å²) in [7, 11) is 1.61. The zero-order valence-electron chi connectivity index (χ0n) is 12.3. The van der Waals surface area contributed by atoms with Crippen molar-refractivity contribution >= 4 is 23.2 Å². The molecule has 0 atom stereocenters. The SMILES string of the molecule is COc1cc(Nc2nc(C)cn2CC(C)C)ccc1Cl. The highest BCUT2D eigenvalue weighted by atomic mass is 35.5. The number of benzene rings is 1. The number of methoxy groups -OCH3 is 1. The first-order valence-corrected chi connectivity index (χ1v) is 7.01. The zero-order chi connectivity index (χ0) is 14.7. The Balaban J connectivity index is 2.25. The van der Waals surface area contributed by atoms with Crippen LogP contribution in [-0.2, 0) is 6.54 Å². The molecule has 0 fully saturated rings. The number of halogens is 1. The lowest BCUT2D eigenvalue weighted by molar-refractivity contribution is 0.415. The Morgan fingerprint density at radius 3 is 2.80 bits per heavy atom. The van der Waals surface area contributed by atoms with E-state index in [9.17, 15) is 0 Å². The van der Waals surface area contributed by atoms with Crippen LogP contribution in [0.3, 0.4) is 0 Å². The maximum absolute atomic E-state index is 6.03. The maximum atomic E-state index is 6.03. The molecule has 0 spiro atoms. The van der Waals surface area contributed by atoms with Gasteiger partial charge in [-0.05, 0) is 25.0 Å². The second-order valence-electron chi connectivity index (χ2n) is 5.23. The molecule has 1 aromatic carbocycles. The van der Waals surface area contributed by atoms with Crippen LogP contribution >= 0.6 is 11.6 Å². The summed E-state index contributed by atoms with van der Waals surface area (Å²) >= 11 is 6.03. The van der Waals surface area contributed by atoms with Crippen molar-refractivity contribution in [3.63, 3.8) is 0 Å². The molecule has 108 valence electrons. The van der Waals surface area contributed by atoms with Crippen molar-refractivity contribution in [3.8, 4) is 5.75 Å². The highest BCUT2D eigenvalue weighted by Gasteiger charge is 2.09. The van der Waals surface area contributed by atoms with Crippen LogP contribution in [-0.4, -0.2) is 16.7 Å². The summed E-state index contributed by atoms with van der Waals surface area (Å²) in [5.74, 6) is 2.04. The summed E-state index contributed by atoms with van der Waals surface area (Å²) in [5, 5.41) is 3.91. The minimum atomic E-state index is 0.559. The zero-order valence-corrected chi connectivity index (χ0v) is 13.0. The van der Waals surface area contributed by atoms with Gasteiger partial charge in [0.2, 0.25) is 5.95 Å². The Morgan fingerprint density at radius 2 is 2.15 bits per heavy atom. The van der Waals surface area contributed by atoms with Crippen molar-refractivity contribution in [1.82, 2.24) is 9.55 Å². The average Bonchev–Trinajstić information content (AvgIpc) is 2.71. The maximum Gasteiger partial charge on any atom is 0.207 e. The Hall–Kier alpha value is -1.68. The molecule has 0 amide bonds. The van der Waals surface area contributed by atoms with E-state index in [0.29, 0.717) is 16.7 Å². The highest BCUT2D eigenvalue weighted by Crippen LogP contribution is 2.29. The molecular formula is C15H20ClN3O. The first kappa shape index (κ1) is 14.7. The molecule has 0 aliphatic rings. The molecule has 0 saturated heterocycles. The lowest BCUT2D eigenvalue weighted by atomic mass is 10.2. The molecule has 0 saturated carbocycles. The average molecular weight is 294 g/mol. The normalized spacial score (nSPS) is 10.9. The van der Waals surface area contributed by atoms with Crippen LogP contribution in [0.25, 0.3) is 0 Å². The van der Waals surface area contributed by atoms with E-state index in [1.54, 1.807) is 7.11 Å². The van der Waals surface area contributed by atoms with E-state index in [4.69, 9.17) is 16.3 Å². The predicted molar refractivity (Wildman–Crippen MR) is 83.1 cm³/mol. The summed E-state index contributed by atoms with van der Waals surface area (Å²) in [6.07, 6.45) is 2.05. The first-order chi connectivity index (χ1) is 9.49. The van der Waals surface area contributed by atoms with Crippen molar-refractivity contribution in [2.45, 2.75) is 27.3 Å². The van der Waals surface area contributed by atoms with E-state index < -0.39 is 0 Å². The van der Waals surface area contributed by atoms with Crippen molar-refractivity contribution in [1.29, 1.82) is 0 Å². The van der Waals surface area contributed by atoms with Gasteiger partial charge in [-0.25, -0.2) is 4.98 Å². The van der Waals surface area contributed by atoms with E-state index in [1.807, 2.05) is 25.1 Å². The molecule has 2 aromatic rings. The second-order valence-corrected chi connectivity index (χ2v) is 5.63. The Labute approximate surface area is 124 Å². The van der Waals surface area contributed by atoms with Crippen molar-refractivity contribution in [3.05, 3.63) is 35.1 Å². The van der Waals surface area contributed by atoms with Gasteiger partial charge in [-0.1, -0.05) is 25.4 Å². The van der Waals surface area contributed by atoms with E-state index in [2.05, 4.69) is 34.9 Å². The molecule has 1 aromatic heterocycles. The number of nitrogens with one attached hydrogen (secondary N) is 1. The van der Waals surface area contributed by atoms with Crippen LogP contribution in [0.1, 0.15) is 19.5 Å². The van der Waals surface area contributed by atoms with E-state index >= 15 is 0 Å². The summed E-state index contributed by atoms with van der Waals surface area (Å²) < 4.78 is 7.35. The van der Waals surface area contributed by atoms with Gasteiger partial charge in [-0.15, -0.1) is 0 Å². The highest BCUT2D eigenvalue weighted by molar-refractivity contribution is 6.32. The third-order valence-electron chi connectivity index (χ3n) is 2.87. The van der Waals surface area contributed by atoms with Crippen LogP contribution in [0.15, 0.2) is 24.4 Å². The molecule has 0 unspecified atom stereocenters. The summed E-state index contributed by atoms with van der Waals surface area (Å²) in [4.78, 5) is 4.51. The fourth-order valence-electron chi connectivity index (χ4n) is 2.05. The van der Waals surface area contributed by atoms with E-state index in [1.165, 1.54) is 0 Å². The number of anilines is 2. The fourth-order valence-corrected chi connectivity index (χ4v) is 2.24. The molecule has 0 bridgehead atoms. The predicted octanol–water partition coefficient (Wildman–Crippen LogP) is 4.25. The molecule has 20 heavy (non-hydrogen) atoms. The van der Waals surface area contributed by atoms with Crippen molar-refractivity contribution < 1.29 is 4.74 Å². The molecule has 0 aliphatic carbocycles. The smallest absolute Gasteiger partial charge is 0.207 e. The standard InChI is InChI=1S/C15H20ClN3O/c1-10(2)8-19-9-11(3)17-15(19)18-12-5-6-13(16)14(7-12)20-4/h5-7,9-10H,8H2,1-4H3,(H,17,18). The van der Waals surface area contributed by atoms with Gasteiger partial charge in [0.05, 0.1) is 17.8 Å². The van der Waals surface area contributed by atoms with Gasteiger partial charge < -0.3 is 14.6 Å². The monoisotopic (exact) mass is 293 g/mol. The largest absolute Gasteiger partial charge is 0.495 e. The van der Waals surface area contributed by atoms with Crippen LogP contribution in [0.5, 0.6) is 5.75 Å². The minimum Gasteiger partial charge on any atom is -0.495 e. The fraction of sp³-hybridized carbons (Fsp3) is 0.400. The Morgan fingerprint density at radius 1 is 1.40 bits per heavy atom. The number of hydrogen-bond donors (Lipinski definition) is 1. The van der Waals surface area contributed by atoms with Crippen LogP contribution in [0, 0.1) is 12.8 Å². The summed E-state index contributed by atoms with van der Waals surface area (Å²) in [5.41, 5.74) is 1.90. The molecule has 1 heterocycles. The molecule has 0 radical (unpaired) electrons. The van der Waals surface area contributed by atoms with Crippen molar-refractivity contribution in [2.24, 2.45) is 5.92 Å². The molecule has 2 rings (SSSR count). The topological polar surface area (TPSA) is 39.1 Å². The number of aromatic nitrogens is 2. The first-order valence-electron chi connectivity index (χ1n) is 6.64. The molecule has 0 aliphatic heterocycles. The number of nitrogens with zero attached hydrogens (tertiary/aromatic N) is 2. The molecular weight excluding hydrogens is 274 g/mol. The number of hydrogen-bond acceptors (Lipinski definition) is 3. The molecule has 4 nitrogen and oxygen atoms in total. The van der Waals surface area contributed by atoms with Gasteiger partial charge in [0.25, 0.3) is 0 Å².